The van der Waals surface area contributed by atoms with Crippen molar-refractivity contribution >= 4 is 11.9 Å². The van der Waals surface area contributed by atoms with Gasteiger partial charge in [0.25, 0.3) is 0 Å². The van der Waals surface area contributed by atoms with Crippen molar-refractivity contribution < 1.29 is 24.5 Å². The van der Waals surface area contributed by atoms with Crippen LogP contribution in [0.3, 0.4) is 0 Å². The lowest BCUT2D eigenvalue weighted by Crippen LogP contribution is -2.45. The third-order valence-corrected chi connectivity index (χ3v) is 15.6. The van der Waals surface area contributed by atoms with E-state index in [9.17, 15) is 19.8 Å². The lowest BCUT2D eigenvalue weighted by atomic mass is 10.0. The highest BCUT2D eigenvalue weighted by Gasteiger charge is 2.18. The number of allylic oxidation sites excluding steroid dienone is 7. The first-order valence-electron chi connectivity index (χ1n) is 33.9. The van der Waals surface area contributed by atoms with Crippen LogP contribution in [-0.2, 0) is 14.3 Å². The minimum atomic E-state index is -0.840. The second-order valence-electron chi connectivity index (χ2n) is 23.1. The molecule has 0 rings (SSSR count). The molecular formula is C70H131NO5. The van der Waals surface area contributed by atoms with Crippen molar-refractivity contribution in [3.63, 3.8) is 0 Å². The van der Waals surface area contributed by atoms with Gasteiger partial charge in [-0.1, -0.05) is 306 Å². The average Bonchev–Trinajstić information content (AvgIpc) is 3.42. The maximum Gasteiger partial charge on any atom is 0.305 e. The number of hydrogen-bond donors (Lipinski definition) is 3. The number of aliphatic hydroxyl groups is 2. The van der Waals surface area contributed by atoms with E-state index in [1.807, 2.05) is 6.08 Å². The van der Waals surface area contributed by atoms with Gasteiger partial charge in [0.05, 0.1) is 25.4 Å². The molecule has 0 aliphatic carbocycles. The SMILES string of the molecule is CCCCC/C=C\C/C=C\CCCCCCCCCC(=O)OCCCCCCCCCCCCCC/C=C\CCCCCCCCCCCCCCCCCCCC(=O)NC(CO)C(O)/C=C/CCCCCCCCC. The number of amides is 1. The second-order valence-corrected chi connectivity index (χ2v) is 23.1. The molecule has 6 nitrogen and oxygen atoms in total. The molecule has 0 saturated carbocycles. The number of hydrogen-bond acceptors (Lipinski definition) is 5. The third-order valence-electron chi connectivity index (χ3n) is 15.6. The molecule has 0 aliphatic heterocycles. The Morgan fingerprint density at radius 2 is 0.658 bits per heavy atom. The van der Waals surface area contributed by atoms with Crippen LogP contribution >= 0.6 is 0 Å². The number of aliphatic hydroxyl groups excluding tert-OH is 2. The topological polar surface area (TPSA) is 95.9 Å². The zero-order valence-electron chi connectivity index (χ0n) is 51.0. The van der Waals surface area contributed by atoms with Crippen molar-refractivity contribution in [1.82, 2.24) is 5.32 Å². The largest absolute Gasteiger partial charge is 0.466 e. The molecule has 0 bridgehead atoms. The summed E-state index contributed by atoms with van der Waals surface area (Å²) in [6.45, 7) is 4.86. The zero-order valence-corrected chi connectivity index (χ0v) is 51.0. The summed E-state index contributed by atoms with van der Waals surface area (Å²) in [6.07, 6.45) is 84.9. The number of carbonyl (C=O) groups excluding carboxylic acids is 2. The lowest BCUT2D eigenvalue weighted by Gasteiger charge is -2.20. The molecule has 446 valence electrons. The molecule has 0 heterocycles. The van der Waals surface area contributed by atoms with E-state index < -0.39 is 12.1 Å². The minimum Gasteiger partial charge on any atom is -0.466 e. The molecule has 6 heteroatoms. The van der Waals surface area contributed by atoms with Gasteiger partial charge in [0.2, 0.25) is 5.91 Å². The van der Waals surface area contributed by atoms with Crippen LogP contribution in [0.5, 0.6) is 0 Å². The summed E-state index contributed by atoms with van der Waals surface area (Å²) in [7, 11) is 0. The first-order valence-corrected chi connectivity index (χ1v) is 33.9. The number of nitrogens with one attached hydrogen (secondary N) is 1. The van der Waals surface area contributed by atoms with Crippen molar-refractivity contribution in [2.45, 2.75) is 373 Å². The predicted molar refractivity (Wildman–Crippen MR) is 333 cm³/mol. The number of esters is 1. The molecule has 0 spiro atoms. The Labute approximate surface area is 474 Å². The van der Waals surface area contributed by atoms with Crippen LogP contribution in [0.25, 0.3) is 0 Å². The predicted octanol–water partition coefficient (Wildman–Crippen LogP) is 21.7. The van der Waals surface area contributed by atoms with Crippen LogP contribution in [0.2, 0.25) is 0 Å². The molecule has 0 saturated heterocycles. The van der Waals surface area contributed by atoms with Crippen LogP contribution in [0.4, 0.5) is 0 Å². The zero-order chi connectivity index (χ0) is 55.0. The lowest BCUT2D eigenvalue weighted by molar-refractivity contribution is -0.143. The van der Waals surface area contributed by atoms with Crippen LogP contribution in [0.1, 0.15) is 361 Å². The molecule has 2 unspecified atom stereocenters. The van der Waals surface area contributed by atoms with Gasteiger partial charge in [-0.15, -0.1) is 0 Å². The third kappa shape index (κ3) is 61.0. The Bertz CT molecular complexity index is 1270. The first-order chi connectivity index (χ1) is 37.5. The summed E-state index contributed by atoms with van der Waals surface area (Å²) in [6, 6.07) is -0.623. The Balaban J connectivity index is 3.33. The van der Waals surface area contributed by atoms with E-state index >= 15 is 0 Å². The van der Waals surface area contributed by atoms with Gasteiger partial charge in [0.15, 0.2) is 0 Å². The number of carbonyl (C=O) groups is 2. The van der Waals surface area contributed by atoms with Crippen LogP contribution in [-0.4, -0.2) is 47.4 Å². The Morgan fingerprint density at radius 3 is 1.04 bits per heavy atom. The quantitative estimate of drug-likeness (QED) is 0.0320. The van der Waals surface area contributed by atoms with Gasteiger partial charge < -0.3 is 20.3 Å². The number of rotatable bonds is 63. The van der Waals surface area contributed by atoms with E-state index in [0.717, 1.165) is 51.4 Å². The fourth-order valence-electron chi connectivity index (χ4n) is 10.4. The Kier molecular flexibility index (Phi) is 63.5. The van der Waals surface area contributed by atoms with Gasteiger partial charge in [0.1, 0.15) is 0 Å². The maximum absolute atomic E-state index is 12.4. The smallest absolute Gasteiger partial charge is 0.305 e. The Morgan fingerprint density at radius 1 is 0.368 bits per heavy atom. The van der Waals surface area contributed by atoms with E-state index in [4.69, 9.17) is 4.74 Å². The van der Waals surface area contributed by atoms with E-state index in [1.54, 1.807) is 6.08 Å². The minimum absolute atomic E-state index is 0.0105. The monoisotopic (exact) mass is 1070 g/mol. The van der Waals surface area contributed by atoms with E-state index in [1.165, 1.54) is 283 Å². The molecule has 0 aromatic carbocycles. The molecule has 3 N–H and O–H groups in total. The average molecular weight is 1070 g/mol. The van der Waals surface area contributed by atoms with Crippen LogP contribution in [0, 0.1) is 0 Å². The van der Waals surface area contributed by atoms with Gasteiger partial charge >= 0.3 is 5.97 Å². The fraction of sp³-hybridized carbons (Fsp3) is 0.857. The molecule has 2 atom stereocenters. The highest BCUT2D eigenvalue weighted by Crippen LogP contribution is 2.18. The normalized spacial score (nSPS) is 12.8. The van der Waals surface area contributed by atoms with Crippen molar-refractivity contribution in [2.75, 3.05) is 13.2 Å². The summed E-state index contributed by atoms with van der Waals surface area (Å²) in [4.78, 5) is 24.5. The highest BCUT2D eigenvalue weighted by atomic mass is 16.5. The van der Waals surface area contributed by atoms with E-state index in [-0.39, 0.29) is 18.5 Å². The number of ether oxygens (including phenoxy) is 1. The highest BCUT2D eigenvalue weighted by molar-refractivity contribution is 5.76. The molecule has 0 aliphatic rings. The Hall–Kier alpha value is -2.18. The van der Waals surface area contributed by atoms with E-state index in [2.05, 4.69) is 55.6 Å². The standard InChI is InChI=1S/C70H131NO5/c1-3-5-7-9-11-13-14-15-16-34-38-41-44-48-52-56-60-64-70(75)76-65-61-57-53-49-45-42-39-36-33-31-29-27-25-23-21-19-17-18-20-22-24-26-28-30-32-35-37-40-43-47-51-55-59-63-69(74)71-67(66-72)68(73)62-58-54-50-46-12-10-8-6-4-2/h11,13,15-16,21,23,58,62,67-68,72-73H,3-10,12,14,17-20,22,24-57,59-61,63-66H2,1-2H3,(H,71,74)/b13-11-,16-15-,23-21-,62-58+. The fourth-order valence-corrected chi connectivity index (χ4v) is 10.4. The summed E-state index contributed by atoms with van der Waals surface area (Å²) < 4.78 is 5.50. The van der Waals surface area contributed by atoms with Crippen molar-refractivity contribution in [3.8, 4) is 0 Å². The summed E-state index contributed by atoms with van der Waals surface area (Å²) >= 11 is 0. The summed E-state index contributed by atoms with van der Waals surface area (Å²) in [5.41, 5.74) is 0. The van der Waals surface area contributed by atoms with Gasteiger partial charge in [-0.2, -0.15) is 0 Å². The molecule has 0 fully saturated rings. The van der Waals surface area contributed by atoms with Gasteiger partial charge in [-0.25, -0.2) is 0 Å². The van der Waals surface area contributed by atoms with Crippen molar-refractivity contribution in [1.29, 1.82) is 0 Å². The van der Waals surface area contributed by atoms with Gasteiger partial charge in [0, 0.05) is 12.8 Å². The summed E-state index contributed by atoms with van der Waals surface area (Å²) in [5, 5.41) is 23.0. The molecule has 0 aromatic rings. The molecular weight excluding hydrogens is 935 g/mol. The van der Waals surface area contributed by atoms with Gasteiger partial charge in [-0.3, -0.25) is 9.59 Å². The number of unbranched alkanes of at least 4 members (excludes halogenated alkanes) is 46. The molecule has 0 radical (unpaired) electrons. The van der Waals surface area contributed by atoms with E-state index in [0.29, 0.717) is 19.4 Å². The summed E-state index contributed by atoms with van der Waals surface area (Å²) in [5.74, 6) is -0.0565. The first kappa shape index (κ1) is 73.8. The second kappa shape index (κ2) is 65.3. The molecule has 1 amide bonds. The van der Waals surface area contributed by atoms with Crippen LogP contribution < -0.4 is 5.32 Å². The molecule has 0 aromatic heterocycles. The van der Waals surface area contributed by atoms with Gasteiger partial charge in [-0.05, 0) is 89.9 Å². The van der Waals surface area contributed by atoms with Crippen molar-refractivity contribution in [2.24, 2.45) is 0 Å². The molecule has 76 heavy (non-hydrogen) atoms. The van der Waals surface area contributed by atoms with Crippen molar-refractivity contribution in [3.05, 3.63) is 48.6 Å². The maximum atomic E-state index is 12.4. The van der Waals surface area contributed by atoms with Crippen LogP contribution in [0.15, 0.2) is 48.6 Å².